The Morgan fingerprint density at radius 2 is 2.00 bits per heavy atom. The van der Waals surface area contributed by atoms with E-state index >= 15 is 0 Å². The molecule has 0 N–H and O–H groups in total. The van der Waals surface area contributed by atoms with E-state index in [1.165, 1.54) is 18.9 Å². The largest absolute Gasteiger partial charge is 0.462 e. The van der Waals surface area contributed by atoms with Gasteiger partial charge in [-0.2, -0.15) is 0 Å². The van der Waals surface area contributed by atoms with Crippen molar-refractivity contribution in [3.8, 4) is 0 Å². The maximum absolute atomic E-state index is 12.5. The molecule has 0 aliphatic heterocycles. The van der Waals surface area contributed by atoms with Gasteiger partial charge in [0.05, 0.1) is 0 Å². The number of carbonyl (C=O) groups excluding carboxylic acids is 2. The summed E-state index contributed by atoms with van der Waals surface area (Å²) in [4.78, 5) is 23.9. The quantitative estimate of drug-likeness (QED) is 0.505. The minimum atomic E-state index is -0.155. The molecule has 0 heterocycles. The van der Waals surface area contributed by atoms with Crippen LogP contribution in [0.1, 0.15) is 78.6 Å². The van der Waals surface area contributed by atoms with Crippen molar-refractivity contribution in [1.29, 1.82) is 0 Å². The summed E-state index contributed by atoms with van der Waals surface area (Å²) in [6, 6.07) is 0. The van der Waals surface area contributed by atoms with Crippen LogP contribution in [-0.2, 0) is 14.3 Å². The standard InChI is InChI=1S/C22H32O3/c1-14(23)25-17-8-11-22(3)16(12-17)5-6-18-15-4-7-20(24)21(2,13-15)10-9-19(18)22/h5,15,17-19H,4,6-13H2,1-3H3/t15-,17?,18+,19+,21?,22?/m1/s1. The normalized spacial score (nSPS) is 46.4. The van der Waals surface area contributed by atoms with Crippen LogP contribution < -0.4 is 0 Å². The van der Waals surface area contributed by atoms with Crippen molar-refractivity contribution in [2.45, 2.75) is 84.7 Å². The summed E-state index contributed by atoms with van der Waals surface area (Å²) >= 11 is 0. The van der Waals surface area contributed by atoms with Crippen LogP contribution in [-0.4, -0.2) is 17.9 Å². The molecule has 3 nitrogen and oxygen atoms in total. The topological polar surface area (TPSA) is 43.4 Å². The van der Waals surface area contributed by atoms with E-state index in [0.717, 1.165) is 63.2 Å². The second kappa shape index (κ2) is 5.96. The molecule has 4 aliphatic carbocycles. The lowest BCUT2D eigenvalue weighted by Crippen LogP contribution is -2.44. The molecular weight excluding hydrogens is 312 g/mol. The molecule has 0 saturated heterocycles. The lowest BCUT2D eigenvalue weighted by Gasteiger charge is -2.52. The monoisotopic (exact) mass is 344 g/mol. The second-order valence-electron chi connectivity index (χ2n) is 9.65. The summed E-state index contributed by atoms with van der Waals surface area (Å²) in [5.41, 5.74) is 1.71. The number of carbonyl (C=O) groups is 2. The van der Waals surface area contributed by atoms with Crippen LogP contribution in [0.4, 0.5) is 0 Å². The van der Waals surface area contributed by atoms with Crippen molar-refractivity contribution in [2.75, 3.05) is 0 Å². The van der Waals surface area contributed by atoms with Crippen LogP contribution >= 0.6 is 0 Å². The van der Waals surface area contributed by atoms with Crippen molar-refractivity contribution in [1.82, 2.24) is 0 Å². The van der Waals surface area contributed by atoms with Gasteiger partial charge in [0.1, 0.15) is 11.9 Å². The Morgan fingerprint density at radius 3 is 2.76 bits per heavy atom. The van der Waals surface area contributed by atoms with Gasteiger partial charge in [-0.25, -0.2) is 0 Å². The highest BCUT2D eigenvalue weighted by molar-refractivity contribution is 5.85. The third kappa shape index (κ3) is 2.78. The van der Waals surface area contributed by atoms with Gasteiger partial charge in [-0.1, -0.05) is 25.5 Å². The molecule has 3 heteroatoms. The van der Waals surface area contributed by atoms with E-state index in [1.54, 1.807) is 0 Å². The Hall–Kier alpha value is -1.12. The van der Waals surface area contributed by atoms with Gasteiger partial charge < -0.3 is 4.74 Å². The molecule has 0 aromatic rings. The molecule has 6 atom stereocenters. The molecule has 4 rings (SSSR count). The lowest BCUT2D eigenvalue weighted by atomic mass is 9.54. The molecule has 0 amide bonds. The van der Waals surface area contributed by atoms with Gasteiger partial charge in [0, 0.05) is 25.2 Å². The maximum atomic E-state index is 12.5. The fourth-order valence-electron chi connectivity index (χ4n) is 6.74. The average Bonchev–Trinajstić information content (AvgIpc) is 2.67. The first-order chi connectivity index (χ1) is 11.8. The predicted octanol–water partition coefficient (Wildman–Crippen LogP) is 4.84. The van der Waals surface area contributed by atoms with E-state index < -0.39 is 0 Å². The number of hydrogen-bond donors (Lipinski definition) is 0. The van der Waals surface area contributed by atoms with Gasteiger partial charge in [-0.05, 0) is 68.1 Å². The minimum Gasteiger partial charge on any atom is -0.462 e. The Balaban J connectivity index is 1.60. The summed E-state index contributed by atoms with van der Waals surface area (Å²) in [5, 5.41) is 0. The molecule has 0 aromatic heterocycles. The summed E-state index contributed by atoms with van der Waals surface area (Å²) in [7, 11) is 0. The first-order valence-corrected chi connectivity index (χ1v) is 10.2. The molecule has 3 fully saturated rings. The first kappa shape index (κ1) is 17.3. The highest BCUT2D eigenvalue weighted by Gasteiger charge is 2.53. The van der Waals surface area contributed by atoms with Crippen molar-refractivity contribution in [3.05, 3.63) is 11.6 Å². The van der Waals surface area contributed by atoms with E-state index in [1.807, 2.05) is 0 Å². The van der Waals surface area contributed by atoms with Crippen molar-refractivity contribution >= 4 is 11.8 Å². The SMILES string of the molecule is CC(=O)OC1CCC2(C)C(=CC[C@H]3[C@@H]4CCC(=O)C(C)(CC[C@@H]32)C4)C1. The van der Waals surface area contributed by atoms with Gasteiger partial charge in [0.15, 0.2) is 0 Å². The number of esters is 1. The predicted molar refractivity (Wildman–Crippen MR) is 96.9 cm³/mol. The summed E-state index contributed by atoms with van der Waals surface area (Å²) < 4.78 is 5.52. The van der Waals surface area contributed by atoms with Gasteiger partial charge in [0.2, 0.25) is 0 Å². The number of ketones is 1. The number of hydrogen-bond acceptors (Lipinski definition) is 3. The van der Waals surface area contributed by atoms with E-state index in [9.17, 15) is 9.59 Å². The van der Waals surface area contributed by atoms with Crippen LogP contribution in [0.3, 0.4) is 0 Å². The highest BCUT2D eigenvalue weighted by Crippen LogP contribution is 2.61. The Labute approximate surface area is 151 Å². The average molecular weight is 344 g/mol. The summed E-state index contributed by atoms with van der Waals surface area (Å²) in [5.74, 6) is 2.52. The van der Waals surface area contributed by atoms with E-state index in [0.29, 0.717) is 11.7 Å². The lowest BCUT2D eigenvalue weighted by molar-refractivity contribution is -0.148. The van der Waals surface area contributed by atoms with Crippen LogP contribution in [0.25, 0.3) is 0 Å². The van der Waals surface area contributed by atoms with Crippen LogP contribution in [0, 0.1) is 28.6 Å². The number of fused-ring (bicyclic) bond motifs is 6. The third-order valence-corrected chi connectivity index (χ3v) is 8.21. The number of allylic oxidation sites excluding steroid dienone is 1. The Kier molecular flexibility index (Phi) is 4.12. The van der Waals surface area contributed by atoms with Gasteiger partial charge >= 0.3 is 5.97 Å². The summed E-state index contributed by atoms with van der Waals surface area (Å²) in [6.45, 7) is 6.20. The van der Waals surface area contributed by atoms with Crippen molar-refractivity contribution in [2.24, 2.45) is 28.6 Å². The summed E-state index contributed by atoms with van der Waals surface area (Å²) in [6.07, 6.45) is 12.0. The Morgan fingerprint density at radius 1 is 1.20 bits per heavy atom. The molecular formula is C22H32O3. The molecule has 0 spiro atoms. The molecule has 0 radical (unpaired) electrons. The van der Waals surface area contributed by atoms with Gasteiger partial charge in [-0.15, -0.1) is 0 Å². The van der Waals surface area contributed by atoms with Gasteiger partial charge in [0.25, 0.3) is 0 Å². The first-order valence-electron chi connectivity index (χ1n) is 10.2. The number of Topliss-reactive ketones (excluding diaryl/α,β-unsaturated/α-hetero) is 1. The number of ether oxygens (including phenoxy) is 1. The zero-order valence-electron chi connectivity index (χ0n) is 16.0. The smallest absolute Gasteiger partial charge is 0.302 e. The van der Waals surface area contributed by atoms with Crippen molar-refractivity contribution < 1.29 is 14.3 Å². The molecule has 25 heavy (non-hydrogen) atoms. The van der Waals surface area contributed by atoms with Crippen LogP contribution in [0.2, 0.25) is 0 Å². The minimum absolute atomic E-state index is 0.0638. The Bertz CT molecular complexity index is 621. The molecule has 2 bridgehead atoms. The zero-order chi connectivity index (χ0) is 17.8. The van der Waals surface area contributed by atoms with Gasteiger partial charge in [-0.3, -0.25) is 9.59 Å². The fraction of sp³-hybridized carbons (Fsp3) is 0.818. The van der Waals surface area contributed by atoms with Crippen molar-refractivity contribution in [3.63, 3.8) is 0 Å². The molecule has 0 aromatic carbocycles. The maximum Gasteiger partial charge on any atom is 0.302 e. The van der Waals surface area contributed by atoms with E-state index in [-0.39, 0.29) is 22.9 Å². The van der Waals surface area contributed by atoms with Crippen LogP contribution in [0.15, 0.2) is 11.6 Å². The van der Waals surface area contributed by atoms with E-state index in [4.69, 9.17) is 4.74 Å². The molecule has 4 aliphatic rings. The third-order valence-electron chi connectivity index (χ3n) is 8.21. The second-order valence-corrected chi connectivity index (χ2v) is 9.65. The fourth-order valence-corrected chi connectivity index (χ4v) is 6.74. The highest BCUT2D eigenvalue weighted by atomic mass is 16.5. The van der Waals surface area contributed by atoms with E-state index in [2.05, 4.69) is 19.9 Å². The molecule has 138 valence electrons. The molecule has 3 saturated carbocycles. The molecule has 3 unspecified atom stereocenters. The number of rotatable bonds is 1. The van der Waals surface area contributed by atoms with Crippen LogP contribution in [0.5, 0.6) is 0 Å². The zero-order valence-corrected chi connectivity index (χ0v) is 16.0.